The Balaban J connectivity index is 2.14. The highest BCUT2D eigenvalue weighted by Gasteiger charge is 2.31. The summed E-state index contributed by atoms with van der Waals surface area (Å²) in [5.74, 6) is 0.885. The number of ether oxygens (including phenoxy) is 1. The number of likely N-dealkylation sites (N-methyl/N-ethyl adjacent to an activating group) is 1. The molecular weight excluding hydrogens is 240 g/mol. The number of likely N-dealkylation sites (tertiary alicyclic amines) is 1. The average molecular weight is 262 g/mol. The van der Waals surface area contributed by atoms with Crippen molar-refractivity contribution in [3.63, 3.8) is 0 Å². The number of nitrogens with one attached hydrogen (secondary N) is 1. The zero-order valence-electron chi connectivity index (χ0n) is 11.8. The molecule has 2 atom stereocenters. The van der Waals surface area contributed by atoms with Crippen molar-refractivity contribution in [3.05, 3.63) is 29.8 Å². The van der Waals surface area contributed by atoms with E-state index in [0.29, 0.717) is 0 Å². The SMILES string of the molecule is CCNC(C)c1ccccc1OC1CCN(C)C1=O. The summed E-state index contributed by atoms with van der Waals surface area (Å²) in [6.07, 6.45) is 0.430. The van der Waals surface area contributed by atoms with Gasteiger partial charge >= 0.3 is 0 Å². The Morgan fingerprint density at radius 1 is 1.47 bits per heavy atom. The van der Waals surface area contributed by atoms with E-state index in [1.807, 2.05) is 31.3 Å². The molecule has 1 fully saturated rings. The van der Waals surface area contributed by atoms with Crippen molar-refractivity contribution < 1.29 is 9.53 Å². The summed E-state index contributed by atoms with van der Waals surface area (Å²) in [5.41, 5.74) is 1.10. The summed E-state index contributed by atoms with van der Waals surface area (Å²) in [6.45, 7) is 5.86. The number of benzene rings is 1. The average Bonchev–Trinajstić information content (AvgIpc) is 2.72. The molecule has 0 bridgehead atoms. The zero-order chi connectivity index (χ0) is 13.8. The molecule has 0 saturated carbocycles. The van der Waals surface area contributed by atoms with Crippen LogP contribution in [0.5, 0.6) is 5.75 Å². The van der Waals surface area contributed by atoms with Crippen LogP contribution in [-0.4, -0.2) is 37.0 Å². The second kappa shape index (κ2) is 6.06. The first-order chi connectivity index (χ1) is 9.13. The number of rotatable bonds is 5. The van der Waals surface area contributed by atoms with Gasteiger partial charge in [0.1, 0.15) is 5.75 Å². The lowest BCUT2D eigenvalue weighted by Gasteiger charge is -2.20. The van der Waals surface area contributed by atoms with Crippen LogP contribution in [0.15, 0.2) is 24.3 Å². The minimum atomic E-state index is -0.333. The van der Waals surface area contributed by atoms with Gasteiger partial charge in [-0.05, 0) is 19.5 Å². The number of carbonyl (C=O) groups is 1. The van der Waals surface area contributed by atoms with Gasteiger partial charge in [0.25, 0.3) is 5.91 Å². The van der Waals surface area contributed by atoms with E-state index in [9.17, 15) is 4.79 Å². The Labute approximate surface area is 114 Å². The molecule has 0 spiro atoms. The van der Waals surface area contributed by atoms with Gasteiger partial charge in [-0.15, -0.1) is 0 Å². The lowest BCUT2D eigenvalue weighted by Crippen LogP contribution is -2.30. The molecule has 19 heavy (non-hydrogen) atoms. The maximum Gasteiger partial charge on any atom is 0.263 e. The van der Waals surface area contributed by atoms with Crippen molar-refractivity contribution in [2.24, 2.45) is 0 Å². The van der Waals surface area contributed by atoms with Gasteiger partial charge in [0.05, 0.1) is 0 Å². The highest BCUT2D eigenvalue weighted by molar-refractivity contribution is 5.83. The molecule has 1 aliphatic rings. The Hall–Kier alpha value is -1.55. The first-order valence-corrected chi connectivity index (χ1v) is 6.87. The standard InChI is InChI=1S/C15H22N2O2/c1-4-16-11(2)12-7-5-6-8-13(12)19-14-9-10-17(3)15(14)18/h5-8,11,14,16H,4,9-10H2,1-3H3. The van der Waals surface area contributed by atoms with Crippen LogP contribution in [0.2, 0.25) is 0 Å². The summed E-state index contributed by atoms with van der Waals surface area (Å²) >= 11 is 0. The molecule has 1 aromatic carbocycles. The summed E-state index contributed by atoms with van der Waals surface area (Å²) < 4.78 is 5.93. The molecule has 104 valence electrons. The van der Waals surface area contributed by atoms with Gasteiger partial charge < -0.3 is 15.0 Å². The minimum Gasteiger partial charge on any atom is -0.480 e. The van der Waals surface area contributed by atoms with Gasteiger partial charge in [0.2, 0.25) is 0 Å². The highest BCUT2D eigenvalue weighted by atomic mass is 16.5. The second-order valence-corrected chi connectivity index (χ2v) is 4.97. The van der Waals surface area contributed by atoms with Crippen molar-refractivity contribution in [1.29, 1.82) is 0 Å². The van der Waals surface area contributed by atoms with Crippen LogP contribution in [0.25, 0.3) is 0 Å². The summed E-state index contributed by atoms with van der Waals surface area (Å²) in [4.78, 5) is 13.6. The van der Waals surface area contributed by atoms with Crippen LogP contribution >= 0.6 is 0 Å². The van der Waals surface area contributed by atoms with E-state index < -0.39 is 0 Å². The molecule has 0 aromatic heterocycles. The number of hydrogen-bond acceptors (Lipinski definition) is 3. The quantitative estimate of drug-likeness (QED) is 0.882. The van der Waals surface area contributed by atoms with Crippen molar-refractivity contribution in [3.8, 4) is 5.75 Å². The van der Waals surface area contributed by atoms with Crippen LogP contribution in [0.3, 0.4) is 0 Å². The number of hydrogen-bond donors (Lipinski definition) is 1. The van der Waals surface area contributed by atoms with Crippen molar-refractivity contribution >= 4 is 5.91 Å². The van der Waals surface area contributed by atoms with Crippen LogP contribution in [0.1, 0.15) is 31.9 Å². The number of para-hydroxylation sites is 1. The van der Waals surface area contributed by atoms with Crippen molar-refractivity contribution in [2.75, 3.05) is 20.1 Å². The first kappa shape index (κ1) is 13.9. The first-order valence-electron chi connectivity index (χ1n) is 6.87. The van der Waals surface area contributed by atoms with Crippen molar-refractivity contribution in [1.82, 2.24) is 10.2 Å². The molecule has 4 nitrogen and oxygen atoms in total. The third kappa shape index (κ3) is 3.07. The third-order valence-corrected chi connectivity index (χ3v) is 3.54. The van der Waals surface area contributed by atoms with E-state index in [-0.39, 0.29) is 18.1 Å². The van der Waals surface area contributed by atoms with E-state index in [1.54, 1.807) is 4.90 Å². The second-order valence-electron chi connectivity index (χ2n) is 4.97. The van der Waals surface area contributed by atoms with Crippen LogP contribution in [-0.2, 0) is 4.79 Å². The number of carbonyl (C=O) groups excluding carboxylic acids is 1. The van der Waals surface area contributed by atoms with E-state index in [4.69, 9.17) is 4.74 Å². The fourth-order valence-electron chi connectivity index (χ4n) is 2.41. The molecule has 1 amide bonds. The minimum absolute atomic E-state index is 0.0749. The molecule has 1 N–H and O–H groups in total. The van der Waals surface area contributed by atoms with Gasteiger partial charge in [-0.25, -0.2) is 0 Å². The third-order valence-electron chi connectivity index (χ3n) is 3.54. The van der Waals surface area contributed by atoms with Crippen LogP contribution in [0, 0.1) is 0 Å². The van der Waals surface area contributed by atoms with E-state index >= 15 is 0 Å². The molecule has 2 rings (SSSR count). The number of amides is 1. The lowest BCUT2D eigenvalue weighted by molar-refractivity contribution is -0.132. The highest BCUT2D eigenvalue weighted by Crippen LogP contribution is 2.27. The summed E-state index contributed by atoms with van der Waals surface area (Å²) in [7, 11) is 1.82. The molecule has 1 heterocycles. The van der Waals surface area contributed by atoms with Gasteiger partial charge in [-0.1, -0.05) is 25.1 Å². The molecule has 2 unspecified atom stereocenters. The predicted molar refractivity (Wildman–Crippen MR) is 75.2 cm³/mol. The number of nitrogens with zero attached hydrogens (tertiary/aromatic N) is 1. The van der Waals surface area contributed by atoms with Gasteiger partial charge in [-0.3, -0.25) is 4.79 Å². The predicted octanol–water partition coefficient (Wildman–Crippen LogP) is 1.97. The van der Waals surface area contributed by atoms with Crippen LogP contribution < -0.4 is 10.1 Å². The topological polar surface area (TPSA) is 41.6 Å². The zero-order valence-corrected chi connectivity index (χ0v) is 11.8. The van der Waals surface area contributed by atoms with Gasteiger partial charge in [0.15, 0.2) is 6.10 Å². The maximum absolute atomic E-state index is 11.9. The Bertz CT molecular complexity index is 448. The Morgan fingerprint density at radius 2 is 2.21 bits per heavy atom. The van der Waals surface area contributed by atoms with Crippen molar-refractivity contribution in [2.45, 2.75) is 32.4 Å². The monoisotopic (exact) mass is 262 g/mol. The van der Waals surface area contributed by atoms with E-state index in [1.165, 1.54) is 0 Å². The van der Waals surface area contributed by atoms with Crippen LogP contribution in [0.4, 0.5) is 0 Å². The fourth-order valence-corrected chi connectivity index (χ4v) is 2.41. The molecule has 1 saturated heterocycles. The summed E-state index contributed by atoms with van der Waals surface area (Å²) in [5, 5.41) is 3.37. The molecule has 0 radical (unpaired) electrons. The Morgan fingerprint density at radius 3 is 2.84 bits per heavy atom. The lowest BCUT2D eigenvalue weighted by atomic mass is 10.1. The van der Waals surface area contributed by atoms with E-state index in [2.05, 4.69) is 19.2 Å². The van der Waals surface area contributed by atoms with Gasteiger partial charge in [0, 0.05) is 31.6 Å². The molecular formula is C15H22N2O2. The molecule has 1 aromatic rings. The maximum atomic E-state index is 11.9. The smallest absolute Gasteiger partial charge is 0.263 e. The summed E-state index contributed by atoms with van der Waals surface area (Å²) in [6, 6.07) is 8.15. The molecule has 4 heteroatoms. The van der Waals surface area contributed by atoms with Gasteiger partial charge in [-0.2, -0.15) is 0 Å². The molecule has 0 aliphatic carbocycles. The largest absolute Gasteiger partial charge is 0.480 e. The van der Waals surface area contributed by atoms with E-state index in [0.717, 1.165) is 30.8 Å². The molecule has 1 aliphatic heterocycles. The Kier molecular flexibility index (Phi) is 4.43. The fraction of sp³-hybridized carbons (Fsp3) is 0.533. The normalized spacial score (nSPS) is 20.7.